The number of fused-ring (bicyclic) bond motifs is 1. The van der Waals surface area contributed by atoms with E-state index in [1.54, 1.807) is 25.6 Å². The van der Waals surface area contributed by atoms with Crippen LogP contribution in [0.15, 0.2) is 24.7 Å². The fourth-order valence-electron chi connectivity index (χ4n) is 3.83. The maximum Gasteiger partial charge on any atom is 0.224 e. The smallest absolute Gasteiger partial charge is 0.224 e. The molecule has 0 unspecified atom stereocenters. The fraction of sp³-hybridized carbons (Fsp3) is 0.429. The number of ether oxygens (including phenoxy) is 1. The van der Waals surface area contributed by atoms with Crippen molar-refractivity contribution in [2.75, 3.05) is 38.7 Å². The van der Waals surface area contributed by atoms with E-state index in [1.165, 1.54) is 0 Å². The average Bonchev–Trinajstić information content (AvgIpc) is 3.20. The van der Waals surface area contributed by atoms with Gasteiger partial charge in [0.15, 0.2) is 17.5 Å². The number of anilines is 1. The molecular formula is C21H24ClFN6O2. The Kier molecular flexibility index (Phi) is 6.62. The topological polar surface area (TPSA) is 96.0 Å². The Hall–Kier alpha value is -2.78. The standard InChI is InChI=1S/C21H24ClFN6O2/c1-31-6-4-18(30)29-5-2-3-13(12-29)8-24-21-17(23)11-27-20(28-21)16-10-26-19-15(16)7-14(22)9-25-19/h7,9-11,13H,2-6,8,12H2,1H3,(H,25,26)(H,24,27,28)/t13-/m1/s1. The Balaban J connectivity index is 1.45. The van der Waals surface area contributed by atoms with Crippen LogP contribution in [0, 0.1) is 11.7 Å². The number of aromatic nitrogens is 4. The second-order valence-electron chi connectivity index (χ2n) is 7.61. The number of aromatic amines is 1. The number of H-pyrrole nitrogens is 1. The van der Waals surface area contributed by atoms with Gasteiger partial charge in [-0.3, -0.25) is 4.79 Å². The highest BCUT2D eigenvalue weighted by Crippen LogP contribution is 2.28. The molecule has 1 fully saturated rings. The Morgan fingerprint density at radius 2 is 2.29 bits per heavy atom. The minimum atomic E-state index is -0.524. The van der Waals surface area contributed by atoms with Gasteiger partial charge in [-0.2, -0.15) is 0 Å². The summed E-state index contributed by atoms with van der Waals surface area (Å²) in [5.74, 6) is 0.294. The van der Waals surface area contributed by atoms with Crippen LogP contribution in [0.2, 0.25) is 5.02 Å². The van der Waals surface area contributed by atoms with Crippen molar-refractivity contribution < 1.29 is 13.9 Å². The third-order valence-corrected chi connectivity index (χ3v) is 5.64. The van der Waals surface area contributed by atoms with Gasteiger partial charge in [-0.25, -0.2) is 19.3 Å². The van der Waals surface area contributed by atoms with Gasteiger partial charge < -0.3 is 19.9 Å². The van der Waals surface area contributed by atoms with Gasteiger partial charge in [0.25, 0.3) is 0 Å². The monoisotopic (exact) mass is 446 g/mol. The Morgan fingerprint density at radius 1 is 1.42 bits per heavy atom. The van der Waals surface area contributed by atoms with E-state index in [0.29, 0.717) is 48.2 Å². The Morgan fingerprint density at radius 3 is 3.13 bits per heavy atom. The summed E-state index contributed by atoms with van der Waals surface area (Å²) in [7, 11) is 1.59. The third-order valence-electron chi connectivity index (χ3n) is 5.43. The van der Waals surface area contributed by atoms with E-state index >= 15 is 0 Å². The van der Waals surface area contributed by atoms with Crippen LogP contribution >= 0.6 is 11.6 Å². The van der Waals surface area contributed by atoms with E-state index in [-0.39, 0.29) is 17.6 Å². The lowest BCUT2D eigenvalue weighted by molar-refractivity contribution is -0.133. The Bertz CT molecular complexity index is 1080. The number of rotatable bonds is 7. The molecule has 0 bridgehead atoms. The number of carbonyl (C=O) groups excluding carboxylic acids is 1. The minimum Gasteiger partial charge on any atom is -0.384 e. The van der Waals surface area contributed by atoms with Gasteiger partial charge in [-0.15, -0.1) is 0 Å². The van der Waals surface area contributed by atoms with Gasteiger partial charge in [0, 0.05) is 50.1 Å². The zero-order valence-corrected chi connectivity index (χ0v) is 18.0. The molecule has 164 valence electrons. The van der Waals surface area contributed by atoms with Gasteiger partial charge in [-0.05, 0) is 24.8 Å². The first-order valence-electron chi connectivity index (χ1n) is 10.2. The summed E-state index contributed by atoms with van der Waals surface area (Å²) in [4.78, 5) is 29.9. The normalized spacial score (nSPS) is 16.6. The molecule has 8 nitrogen and oxygen atoms in total. The van der Waals surface area contributed by atoms with Crippen molar-refractivity contribution in [2.45, 2.75) is 19.3 Å². The van der Waals surface area contributed by atoms with Gasteiger partial charge in [0.05, 0.1) is 24.2 Å². The molecule has 0 spiro atoms. The number of nitrogens with one attached hydrogen (secondary N) is 2. The molecule has 1 atom stereocenters. The van der Waals surface area contributed by atoms with Crippen LogP contribution in [0.4, 0.5) is 10.2 Å². The van der Waals surface area contributed by atoms with Crippen molar-refractivity contribution in [3.63, 3.8) is 0 Å². The van der Waals surface area contributed by atoms with E-state index in [9.17, 15) is 9.18 Å². The number of pyridine rings is 1. The molecule has 2 N–H and O–H groups in total. The zero-order valence-electron chi connectivity index (χ0n) is 17.2. The summed E-state index contributed by atoms with van der Waals surface area (Å²) in [5, 5.41) is 4.37. The Labute approximate surface area is 184 Å². The van der Waals surface area contributed by atoms with Gasteiger partial charge in [-0.1, -0.05) is 11.6 Å². The third kappa shape index (κ3) is 4.94. The van der Waals surface area contributed by atoms with Crippen molar-refractivity contribution >= 4 is 34.4 Å². The highest BCUT2D eigenvalue weighted by molar-refractivity contribution is 6.31. The molecule has 31 heavy (non-hydrogen) atoms. The number of piperidine rings is 1. The summed E-state index contributed by atoms with van der Waals surface area (Å²) in [6, 6.07) is 1.77. The minimum absolute atomic E-state index is 0.0914. The van der Waals surface area contributed by atoms with Crippen molar-refractivity contribution in [1.29, 1.82) is 0 Å². The van der Waals surface area contributed by atoms with E-state index in [4.69, 9.17) is 16.3 Å². The number of likely N-dealkylation sites (tertiary alicyclic amines) is 1. The van der Waals surface area contributed by atoms with Crippen molar-refractivity contribution in [1.82, 2.24) is 24.8 Å². The first-order chi connectivity index (χ1) is 15.0. The molecule has 3 aromatic heterocycles. The fourth-order valence-corrected chi connectivity index (χ4v) is 3.99. The van der Waals surface area contributed by atoms with Crippen LogP contribution in [0.25, 0.3) is 22.4 Å². The number of halogens is 2. The average molecular weight is 447 g/mol. The maximum atomic E-state index is 14.4. The first-order valence-corrected chi connectivity index (χ1v) is 10.6. The summed E-state index contributed by atoms with van der Waals surface area (Å²) in [6.07, 6.45) is 6.71. The van der Waals surface area contributed by atoms with Gasteiger partial charge >= 0.3 is 0 Å². The predicted molar refractivity (Wildman–Crippen MR) is 116 cm³/mol. The zero-order chi connectivity index (χ0) is 21.8. The maximum absolute atomic E-state index is 14.4. The number of hydrogen-bond donors (Lipinski definition) is 2. The number of amides is 1. The molecule has 10 heteroatoms. The quantitative estimate of drug-likeness (QED) is 0.576. The van der Waals surface area contributed by atoms with Crippen LogP contribution < -0.4 is 5.32 Å². The lowest BCUT2D eigenvalue weighted by atomic mass is 9.97. The lowest BCUT2D eigenvalue weighted by Gasteiger charge is -2.33. The molecule has 1 aliphatic rings. The largest absolute Gasteiger partial charge is 0.384 e. The second-order valence-corrected chi connectivity index (χ2v) is 8.05. The summed E-state index contributed by atoms with van der Waals surface area (Å²) < 4.78 is 19.4. The van der Waals surface area contributed by atoms with Crippen molar-refractivity contribution in [3.05, 3.63) is 35.5 Å². The molecule has 0 aliphatic carbocycles. The van der Waals surface area contributed by atoms with E-state index in [2.05, 4.69) is 25.3 Å². The number of nitrogens with zero attached hydrogens (tertiary/aromatic N) is 4. The molecule has 4 rings (SSSR count). The SMILES string of the molecule is COCCC(=O)N1CCC[C@H](CNc2nc(-c3c[nH]c4ncc(Cl)cc34)ncc2F)C1. The van der Waals surface area contributed by atoms with Crippen molar-refractivity contribution in [3.8, 4) is 11.4 Å². The van der Waals surface area contributed by atoms with E-state index < -0.39 is 5.82 Å². The summed E-state index contributed by atoms with van der Waals surface area (Å²) >= 11 is 6.06. The van der Waals surface area contributed by atoms with Crippen LogP contribution in [-0.4, -0.2) is 64.1 Å². The molecule has 4 heterocycles. The first kappa shape index (κ1) is 21.5. The molecule has 3 aromatic rings. The summed E-state index contributed by atoms with van der Waals surface area (Å²) in [6.45, 7) is 2.33. The highest BCUT2D eigenvalue weighted by Gasteiger charge is 2.24. The molecular weight excluding hydrogens is 423 g/mol. The van der Waals surface area contributed by atoms with E-state index in [1.807, 2.05) is 4.90 Å². The number of methoxy groups -OCH3 is 1. The number of carbonyl (C=O) groups is 1. The van der Waals surface area contributed by atoms with Crippen molar-refractivity contribution in [2.24, 2.45) is 5.92 Å². The van der Waals surface area contributed by atoms with Crippen LogP contribution in [-0.2, 0) is 9.53 Å². The highest BCUT2D eigenvalue weighted by atomic mass is 35.5. The van der Waals surface area contributed by atoms with Crippen LogP contribution in [0.1, 0.15) is 19.3 Å². The summed E-state index contributed by atoms with van der Waals surface area (Å²) in [5.41, 5.74) is 1.35. The molecule has 1 saturated heterocycles. The number of hydrogen-bond acceptors (Lipinski definition) is 6. The van der Waals surface area contributed by atoms with Crippen LogP contribution in [0.3, 0.4) is 0 Å². The van der Waals surface area contributed by atoms with E-state index in [0.717, 1.165) is 31.0 Å². The molecule has 0 saturated carbocycles. The van der Waals surface area contributed by atoms with Crippen LogP contribution in [0.5, 0.6) is 0 Å². The molecule has 1 amide bonds. The molecule has 0 radical (unpaired) electrons. The van der Waals surface area contributed by atoms with Gasteiger partial charge in [0.1, 0.15) is 5.65 Å². The second kappa shape index (κ2) is 9.57. The lowest BCUT2D eigenvalue weighted by Crippen LogP contribution is -2.42. The molecule has 0 aromatic carbocycles. The molecule has 1 aliphatic heterocycles. The van der Waals surface area contributed by atoms with Gasteiger partial charge in [0.2, 0.25) is 5.91 Å². The predicted octanol–water partition coefficient (Wildman–Crippen LogP) is 3.50.